The maximum Gasteiger partial charge on any atom is 0.0922 e. The fraction of sp³-hybridized carbons (Fsp3) is 0.286. The summed E-state index contributed by atoms with van der Waals surface area (Å²) in [7, 11) is 0. The predicted octanol–water partition coefficient (Wildman–Crippen LogP) is 3.59. The van der Waals surface area contributed by atoms with E-state index in [1.165, 1.54) is 11.1 Å². The Hall–Kier alpha value is -1.12. The summed E-state index contributed by atoms with van der Waals surface area (Å²) in [6.45, 7) is 2.15. The lowest BCUT2D eigenvalue weighted by atomic mass is 10.0. The Morgan fingerprint density at radius 1 is 1.12 bits per heavy atom. The summed E-state index contributed by atoms with van der Waals surface area (Å²) in [6.07, 6.45) is 1.39. The van der Waals surface area contributed by atoms with Gasteiger partial charge in [0.25, 0.3) is 0 Å². The van der Waals surface area contributed by atoms with E-state index >= 15 is 0 Å². The molecule has 0 spiro atoms. The zero-order chi connectivity index (χ0) is 11.4. The summed E-state index contributed by atoms with van der Waals surface area (Å²) in [5.41, 5.74) is 2.53. The monoisotopic (exact) mass is 232 g/mol. The second-order valence-corrected chi connectivity index (χ2v) is 4.88. The number of rotatable bonds is 4. The number of aliphatic hydroxyl groups is 1. The quantitative estimate of drug-likeness (QED) is 0.854. The van der Waals surface area contributed by atoms with Gasteiger partial charge < -0.3 is 5.11 Å². The standard InChI is InChI=1S/C14H16OS/c1-2-11-5-7-12(8-6-11)10-13(15)14-4-3-9-16-14/h3-9,13,15H,2,10H2,1H3. The van der Waals surface area contributed by atoms with E-state index in [2.05, 4.69) is 31.2 Å². The fourth-order valence-electron chi connectivity index (χ4n) is 1.72. The first kappa shape index (κ1) is 11.4. The van der Waals surface area contributed by atoms with Crippen molar-refractivity contribution in [2.45, 2.75) is 25.9 Å². The Balaban J connectivity index is 2.03. The van der Waals surface area contributed by atoms with Crippen molar-refractivity contribution in [1.82, 2.24) is 0 Å². The van der Waals surface area contributed by atoms with E-state index < -0.39 is 0 Å². The summed E-state index contributed by atoms with van der Waals surface area (Å²) in [6, 6.07) is 12.4. The second kappa shape index (κ2) is 5.28. The van der Waals surface area contributed by atoms with Gasteiger partial charge in [0.05, 0.1) is 6.10 Å². The highest BCUT2D eigenvalue weighted by Gasteiger charge is 2.08. The first-order chi connectivity index (χ1) is 7.79. The van der Waals surface area contributed by atoms with Crippen molar-refractivity contribution < 1.29 is 5.11 Å². The van der Waals surface area contributed by atoms with Crippen LogP contribution in [-0.2, 0) is 12.8 Å². The van der Waals surface area contributed by atoms with E-state index in [9.17, 15) is 5.11 Å². The van der Waals surface area contributed by atoms with Gasteiger partial charge in [-0.15, -0.1) is 11.3 Å². The number of hydrogen-bond acceptors (Lipinski definition) is 2. The third-order valence-corrected chi connectivity index (χ3v) is 3.71. The van der Waals surface area contributed by atoms with Crippen molar-refractivity contribution in [2.24, 2.45) is 0 Å². The van der Waals surface area contributed by atoms with Gasteiger partial charge in [-0.2, -0.15) is 0 Å². The second-order valence-electron chi connectivity index (χ2n) is 3.91. The lowest BCUT2D eigenvalue weighted by Gasteiger charge is -2.08. The summed E-state index contributed by atoms with van der Waals surface area (Å²) in [4.78, 5) is 1.04. The van der Waals surface area contributed by atoms with Crippen LogP contribution in [0.1, 0.15) is 29.0 Å². The van der Waals surface area contributed by atoms with Gasteiger partial charge in [-0.25, -0.2) is 0 Å². The van der Waals surface area contributed by atoms with Crippen LogP contribution in [0.2, 0.25) is 0 Å². The van der Waals surface area contributed by atoms with Crippen molar-refractivity contribution in [3.05, 3.63) is 57.8 Å². The van der Waals surface area contributed by atoms with Gasteiger partial charge in [0.2, 0.25) is 0 Å². The predicted molar refractivity (Wildman–Crippen MR) is 68.8 cm³/mol. The average Bonchev–Trinajstić information content (AvgIpc) is 2.83. The molecule has 16 heavy (non-hydrogen) atoms. The van der Waals surface area contributed by atoms with Crippen LogP contribution in [-0.4, -0.2) is 5.11 Å². The van der Waals surface area contributed by atoms with Crippen LogP contribution >= 0.6 is 11.3 Å². The van der Waals surface area contributed by atoms with Gasteiger partial charge >= 0.3 is 0 Å². The number of aryl methyl sites for hydroxylation is 1. The van der Waals surface area contributed by atoms with Crippen LogP contribution in [0.5, 0.6) is 0 Å². The van der Waals surface area contributed by atoms with E-state index in [0.29, 0.717) is 6.42 Å². The van der Waals surface area contributed by atoms with Crippen LogP contribution < -0.4 is 0 Å². The topological polar surface area (TPSA) is 20.2 Å². The minimum atomic E-state index is -0.368. The Labute approximate surface area is 100 Å². The van der Waals surface area contributed by atoms with Gasteiger partial charge in [0.15, 0.2) is 0 Å². The number of benzene rings is 1. The number of hydrogen-bond donors (Lipinski definition) is 1. The molecular weight excluding hydrogens is 216 g/mol. The molecule has 1 atom stereocenters. The lowest BCUT2D eigenvalue weighted by molar-refractivity contribution is 0.182. The molecule has 1 heterocycles. The van der Waals surface area contributed by atoms with Gasteiger partial charge in [-0.3, -0.25) is 0 Å². The highest BCUT2D eigenvalue weighted by atomic mass is 32.1. The lowest BCUT2D eigenvalue weighted by Crippen LogP contribution is -1.99. The SMILES string of the molecule is CCc1ccc(CC(O)c2cccs2)cc1. The Morgan fingerprint density at radius 2 is 1.81 bits per heavy atom. The molecule has 0 bridgehead atoms. The molecule has 0 aliphatic rings. The Kier molecular flexibility index (Phi) is 3.75. The molecule has 0 saturated carbocycles. The molecule has 1 nitrogen and oxygen atoms in total. The minimum Gasteiger partial charge on any atom is -0.387 e. The third kappa shape index (κ3) is 2.71. The number of thiophene rings is 1. The molecule has 2 rings (SSSR count). The summed E-state index contributed by atoms with van der Waals surface area (Å²) < 4.78 is 0. The Bertz CT molecular complexity index is 417. The summed E-state index contributed by atoms with van der Waals surface area (Å²) in [5, 5.41) is 12.0. The summed E-state index contributed by atoms with van der Waals surface area (Å²) in [5.74, 6) is 0. The molecule has 0 fully saturated rings. The highest BCUT2D eigenvalue weighted by molar-refractivity contribution is 7.10. The molecule has 1 unspecified atom stereocenters. The molecule has 84 valence electrons. The van der Waals surface area contributed by atoms with E-state index in [-0.39, 0.29) is 6.10 Å². The van der Waals surface area contributed by atoms with Crippen molar-refractivity contribution in [2.75, 3.05) is 0 Å². The molecule has 0 aliphatic carbocycles. The molecule has 0 radical (unpaired) electrons. The normalized spacial score (nSPS) is 12.6. The Morgan fingerprint density at radius 3 is 2.38 bits per heavy atom. The maximum atomic E-state index is 10.00. The maximum absolute atomic E-state index is 10.00. The van der Waals surface area contributed by atoms with Crippen LogP contribution in [0, 0.1) is 0 Å². The number of aliphatic hydroxyl groups excluding tert-OH is 1. The van der Waals surface area contributed by atoms with Crippen LogP contribution in [0.15, 0.2) is 41.8 Å². The average molecular weight is 232 g/mol. The van der Waals surface area contributed by atoms with E-state index in [0.717, 1.165) is 11.3 Å². The van der Waals surface area contributed by atoms with Gasteiger partial charge in [0, 0.05) is 11.3 Å². The van der Waals surface area contributed by atoms with Crippen molar-refractivity contribution in [3.63, 3.8) is 0 Å². The smallest absolute Gasteiger partial charge is 0.0922 e. The molecule has 1 N–H and O–H groups in total. The summed E-state index contributed by atoms with van der Waals surface area (Å²) >= 11 is 1.61. The largest absolute Gasteiger partial charge is 0.387 e. The molecular formula is C14H16OS. The van der Waals surface area contributed by atoms with Gasteiger partial charge in [0.1, 0.15) is 0 Å². The van der Waals surface area contributed by atoms with Crippen LogP contribution in [0.4, 0.5) is 0 Å². The van der Waals surface area contributed by atoms with E-state index in [1.807, 2.05) is 17.5 Å². The minimum absolute atomic E-state index is 0.368. The van der Waals surface area contributed by atoms with E-state index in [1.54, 1.807) is 11.3 Å². The van der Waals surface area contributed by atoms with Crippen LogP contribution in [0.25, 0.3) is 0 Å². The van der Waals surface area contributed by atoms with E-state index in [4.69, 9.17) is 0 Å². The third-order valence-electron chi connectivity index (χ3n) is 2.73. The fourth-order valence-corrected chi connectivity index (χ4v) is 2.43. The molecule has 0 aliphatic heterocycles. The van der Waals surface area contributed by atoms with Gasteiger partial charge in [-0.05, 0) is 29.0 Å². The highest BCUT2D eigenvalue weighted by Crippen LogP contribution is 2.22. The molecule has 1 aromatic heterocycles. The molecule has 1 aromatic carbocycles. The molecule has 0 amide bonds. The van der Waals surface area contributed by atoms with Crippen molar-refractivity contribution in [3.8, 4) is 0 Å². The van der Waals surface area contributed by atoms with Crippen molar-refractivity contribution in [1.29, 1.82) is 0 Å². The zero-order valence-corrected chi connectivity index (χ0v) is 10.2. The van der Waals surface area contributed by atoms with Crippen LogP contribution in [0.3, 0.4) is 0 Å². The first-order valence-corrected chi connectivity index (χ1v) is 6.47. The van der Waals surface area contributed by atoms with Gasteiger partial charge in [-0.1, -0.05) is 37.3 Å². The molecule has 0 saturated heterocycles. The zero-order valence-electron chi connectivity index (χ0n) is 9.39. The molecule has 2 heteroatoms. The molecule has 2 aromatic rings. The van der Waals surface area contributed by atoms with Crippen molar-refractivity contribution >= 4 is 11.3 Å². The first-order valence-electron chi connectivity index (χ1n) is 5.59.